The zero-order valence-corrected chi connectivity index (χ0v) is 10.3. The average Bonchev–Trinajstić information content (AvgIpc) is 2.36. The molecule has 1 unspecified atom stereocenters. The van der Waals surface area contributed by atoms with E-state index in [0.717, 1.165) is 0 Å². The highest BCUT2D eigenvalue weighted by molar-refractivity contribution is 5.96. The number of hydrogen-bond acceptors (Lipinski definition) is 3. The molecule has 1 amide bonds. The van der Waals surface area contributed by atoms with Crippen LogP contribution in [-0.4, -0.2) is 31.3 Å². The molecule has 0 bridgehead atoms. The summed E-state index contributed by atoms with van der Waals surface area (Å²) in [7, 11) is 1.54. The predicted octanol–water partition coefficient (Wildman–Crippen LogP) is 1.44. The Kier molecular flexibility index (Phi) is 5.49. The van der Waals surface area contributed by atoms with E-state index < -0.39 is 0 Å². The molecule has 0 aliphatic carbocycles. The largest absolute Gasteiger partial charge is 0.496 e. The van der Waals surface area contributed by atoms with Crippen LogP contribution in [0.4, 0.5) is 0 Å². The molecular formula is C13H19NO3. The van der Waals surface area contributed by atoms with Gasteiger partial charge in [-0.2, -0.15) is 0 Å². The summed E-state index contributed by atoms with van der Waals surface area (Å²) in [6, 6.07) is 7.11. The lowest BCUT2D eigenvalue weighted by Gasteiger charge is -2.12. The van der Waals surface area contributed by atoms with E-state index >= 15 is 0 Å². The van der Waals surface area contributed by atoms with Crippen LogP contribution in [0, 0.1) is 5.92 Å². The molecule has 0 radical (unpaired) electrons. The fourth-order valence-corrected chi connectivity index (χ4v) is 1.52. The maximum Gasteiger partial charge on any atom is 0.255 e. The van der Waals surface area contributed by atoms with Crippen LogP contribution in [0.5, 0.6) is 5.75 Å². The molecule has 1 rings (SSSR count). The number of aliphatic hydroxyl groups excluding tert-OH is 1. The Bertz CT molecular complexity index is 365. The summed E-state index contributed by atoms with van der Waals surface area (Å²) in [5.41, 5.74) is 0.534. The second-order valence-corrected chi connectivity index (χ2v) is 4.03. The van der Waals surface area contributed by atoms with Crippen molar-refractivity contribution < 1.29 is 14.6 Å². The summed E-state index contributed by atoms with van der Waals surface area (Å²) < 4.78 is 5.12. The molecule has 1 atom stereocenters. The van der Waals surface area contributed by atoms with Crippen LogP contribution < -0.4 is 10.1 Å². The van der Waals surface area contributed by atoms with Crippen molar-refractivity contribution in [1.82, 2.24) is 5.32 Å². The number of carbonyl (C=O) groups is 1. The summed E-state index contributed by atoms with van der Waals surface area (Å²) in [4.78, 5) is 11.9. The standard InChI is InChI=1S/C13H19NO3/c1-10(7-8-15)9-14-13(16)11-5-3-4-6-12(11)17-2/h3-6,10,15H,7-9H2,1-2H3,(H,14,16). The third kappa shape index (κ3) is 4.07. The van der Waals surface area contributed by atoms with Gasteiger partial charge in [-0.3, -0.25) is 4.79 Å². The lowest BCUT2D eigenvalue weighted by Crippen LogP contribution is -2.28. The van der Waals surface area contributed by atoms with E-state index in [-0.39, 0.29) is 18.4 Å². The molecule has 0 aliphatic heterocycles. The number of rotatable bonds is 6. The molecule has 0 saturated carbocycles. The van der Waals surface area contributed by atoms with Gasteiger partial charge in [-0.15, -0.1) is 0 Å². The van der Waals surface area contributed by atoms with Gasteiger partial charge in [-0.25, -0.2) is 0 Å². The smallest absolute Gasteiger partial charge is 0.255 e. The number of ether oxygens (including phenoxy) is 1. The molecule has 2 N–H and O–H groups in total. The third-order valence-electron chi connectivity index (χ3n) is 2.58. The van der Waals surface area contributed by atoms with Crippen LogP contribution >= 0.6 is 0 Å². The summed E-state index contributed by atoms with van der Waals surface area (Å²) in [5.74, 6) is 0.686. The highest BCUT2D eigenvalue weighted by atomic mass is 16.5. The lowest BCUT2D eigenvalue weighted by atomic mass is 10.1. The molecule has 0 spiro atoms. The van der Waals surface area contributed by atoms with Crippen molar-refractivity contribution in [3.63, 3.8) is 0 Å². The van der Waals surface area contributed by atoms with Crippen LogP contribution in [0.3, 0.4) is 0 Å². The van der Waals surface area contributed by atoms with Crippen LogP contribution in [0.1, 0.15) is 23.7 Å². The Morgan fingerprint density at radius 2 is 2.18 bits per heavy atom. The first-order valence-electron chi connectivity index (χ1n) is 5.71. The number of nitrogens with one attached hydrogen (secondary N) is 1. The van der Waals surface area contributed by atoms with Crippen molar-refractivity contribution in [3.8, 4) is 5.75 Å². The molecule has 4 heteroatoms. The van der Waals surface area contributed by atoms with Gasteiger partial charge in [0.25, 0.3) is 5.91 Å². The van der Waals surface area contributed by atoms with E-state index in [1.807, 2.05) is 13.0 Å². The molecule has 1 aromatic carbocycles. The Labute approximate surface area is 102 Å². The van der Waals surface area contributed by atoms with Gasteiger partial charge in [0.2, 0.25) is 0 Å². The van der Waals surface area contributed by atoms with Crippen LogP contribution in [0.15, 0.2) is 24.3 Å². The van der Waals surface area contributed by atoms with Gasteiger partial charge >= 0.3 is 0 Å². The van der Waals surface area contributed by atoms with E-state index in [2.05, 4.69) is 5.32 Å². The van der Waals surface area contributed by atoms with Crippen molar-refractivity contribution in [1.29, 1.82) is 0 Å². The van der Waals surface area contributed by atoms with Gasteiger partial charge in [-0.1, -0.05) is 19.1 Å². The molecule has 4 nitrogen and oxygen atoms in total. The van der Waals surface area contributed by atoms with Crippen molar-refractivity contribution in [3.05, 3.63) is 29.8 Å². The van der Waals surface area contributed by atoms with Crippen LogP contribution in [0.25, 0.3) is 0 Å². The number of hydrogen-bond donors (Lipinski definition) is 2. The SMILES string of the molecule is COc1ccccc1C(=O)NCC(C)CCO. The fourth-order valence-electron chi connectivity index (χ4n) is 1.52. The van der Waals surface area contributed by atoms with Gasteiger partial charge in [0, 0.05) is 13.2 Å². The molecule has 1 aromatic rings. The van der Waals surface area contributed by atoms with E-state index in [1.165, 1.54) is 0 Å². The Hall–Kier alpha value is -1.55. The zero-order chi connectivity index (χ0) is 12.7. The summed E-state index contributed by atoms with van der Waals surface area (Å²) in [6.07, 6.45) is 0.687. The number of benzene rings is 1. The third-order valence-corrected chi connectivity index (χ3v) is 2.58. The zero-order valence-electron chi connectivity index (χ0n) is 10.3. The van der Waals surface area contributed by atoms with Gasteiger partial charge in [-0.05, 0) is 24.5 Å². The molecule has 94 valence electrons. The van der Waals surface area contributed by atoms with Crippen molar-refractivity contribution in [2.45, 2.75) is 13.3 Å². The predicted molar refractivity (Wildman–Crippen MR) is 66.2 cm³/mol. The normalized spacial score (nSPS) is 11.9. The summed E-state index contributed by atoms with van der Waals surface area (Å²) in [5, 5.41) is 11.6. The Balaban J connectivity index is 2.58. The van der Waals surface area contributed by atoms with Crippen LogP contribution in [-0.2, 0) is 0 Å². The summed E-state index contributed by atoms with van der Waals surface area (Å²) >= 11 is 0. The number of carbonyl (C=O) groups excluding carboxylic acids is 1. The minimum atomic E-state index is -0.146. The number of amides is 1. The van der Waals surface area contributed by atoms with Gasteiger partial charge in [0.1, 0.15) is 5.75 Å². The fraction of sp³-hybridized carbons (Fsp3) is 0.462. The van der Waals surface area contributed by atoms with Crippen molar-refractivity contribution in [2.75, 3.05) is 20.3 Å². The van der Waals surface area contributed by atoms with Crippen molar-refractivity contribution >= 4 is 5.91 Å². The summed E-state index contributed by atoms with van der Waals surface area (Å²) in [6.45, 7) is 2.68. The Morgan fingerprint density at radius 3 is 2.82 bits per heavy atom. The lowest BCUT2D eigenvalue weighted by molar-refractivity contribution is 0.0942. The van der Waals surface area contributed by atoms with Crippen LogP contribution in [0.2, 0.25) is 0 Å². The maximum absolute atomic E-state index is 11.9. The molecule has 0 heterocycles. The molecular weight excluding hydrogens is 218 g/mol. The van der Waals surface area contributed by atoms with Crippen molar-refractivity contribution in [2.24, 2.45) is 5.92 Å². The van der Waals surface area contributed by atoms with E-state index in [9.17, 15) is 4.79 Å². The Morgan fingerprint density at radius 1 is 1.47 bits per heavy atom. The molecule has 0 aromatic heterocycles. The highest BCUT2D eigenvalue weighted by Gasteiger charge is 2.11. The number of methoxy groups -OCH3 is 1. The first kappa shape index (κ1) is 13.5. The number of para-hydroxylation sites is 1. The molecule has 0 aliphatic rings. The topological polar surface area (TPSA) is 58.6 Å². The molecule has 17 heavy (non-hydrogen) atoms. The number of aliphatic hydroxyl groups is 1. The maximum atomic E-state index is 11.9. The molecule has 0 fully saturated rings. The first-order valence-corrected chi connectivity index (χ1v) is 5.71. The first-order chi connectivity index (χ1) is 8.19. The highest BCUT2D eigenvalue weighted by Crippen LogP contribution is 2.16. The minimum absolute atomic E-state index is 0.145. The quantitative estimate of drug-likeness (QED) is 0.787. The second-order valence-electron chi connectivity index (χ2n) is 4.03. The second kappa shape index (κ2) is 6.91. The van der Waals surface area contributed by atoms with Gasteiger partial charge in [0.15, 0.2) is 0 Å². The average molecular weight is 237 g/mol. The van der Waals surface area contributed by atoms with E-state index in [1.54, 1.807) is 25.3 Å². The van der Waals surface area contributed by atoms with E-state index in [0.29, 0.717) is 24.3 Å². The molecule has 0 saturated heterocycles. The minimum Gasteiger partial charge on any atom is -0.496 e. The monoisotopic (exact) mass is 237 g/mol. The van der Waals surface area contributed by atoms with E-state index in [4.69, 9.17) is 9.84 Å². The van der Waals surface area contributed by atoms with Gasteiger partial charge in [0.05, 0.1) is 12.7 Å². The van der Waals surface area contributed by atoms with Gasteiger partial charge < -0.3 is 15.2 Å².